The van der Waals surface area contributed by atoms with Crippen molar-refractivity contribution in [3.05, 3.63) is 48.5 Å². The Bertz CT molecular complexity index is 544. The fraction of sp³-hybridized carbons (Fsp3) is 0.471. The summed E-state index contributed by atoms with van der Waals surface area (Å²) >= 11 is 0. The molecule has 1 saturated carbocycles. The summed E-state index contributed by atoms with van der Waals surface area (Å²) in [5, 5.41) is 3.70. The highest BCUT2D eigenvalue weighted by Gasteiger charge is 2.30. The topological polar surface area (TPSA) is 39.1 Å². The van der Waals surface area contributed by atoms with Crippen LogP contribution in [0.4, 0.5) is 0 Å². The number of hydrogen-bond donors (Lipinski definition) is 1. The first-order valence-corrected chi connectivity index (χ1v) is 7.60. The summed E-state index contributed by atoms with van der Waals surface area (Å²) in [6.07, 6.45) is 8.16. The molecule has 1 aliphatic carbocycles. The molecule has 0 aliphatic heterocycles. The number of methoxy groups -OCH3 is 1. The first-order valence-electron chi connectivity index (χ1n) is 7.60. The molecule has 1 aromatic carbocycles. The van der Waals surface area contributed by atoms with E-state index in [4.69, 9.17) is 4.74 Å². The van der Waals surface area contributed by atoms with Gasteiger partial charge in [-0.05, 0) is 43.4 Å². The second-order valence-electron chi connectivity index (χ2n) is 5.97. The molecule has 0 radical (unpaired) electrons. The van der Waals surface area contributed by atoms with Gasteiger partial charge >= 0.3 is 0 Å². The molecule has 1 heterocycles. The highest BCUT2D eigenvalue weighted by atomic mass is 16.5. The van der Waals surface area contributed by atoms with Gasteiger partial charge in [0.1, 0.15) is 5.75 Å². The third-order valence-corrected chi connectivity index (χ3v) is 4.29. The van der Waals surface area contributed by atoms with Crippen molar-refractivity contribution in [1.82, 2.24) is 14.9 Å². The Hall–Kier alpha value is -1.81. The van der Waals surface area contributed by atoms with Gasteiger partial charge in [-0.2, -0.15) is 0 Å². The summed E-state index contributed by atoms with van der Waals surface area (Å²) in [7, 11) is 1.71. The van der Waals surface area contributed by atoms with Crippen LogP contribution in [0.15, 0.2) is 43.0 Å². The first kappa shape index (κ1) is 14.1. The number of imidazole rings is 1. The van der Waals surface area contributed by atoms with E-state index in [9.17, 15) is 0 Å². The second kappa shape index (κ2) is 6.31. The fourth-order valence-corrected chi connectivity index (χ4v) is 3.07. The van der Waals surface area contributed by atoms with Gasteiger partial charge in [-0.1, -0.05) is 12.1 Å². The number of rotatable bonds is 6. The number of hydrogen-bond acceptors (Lipinski definition) is 3. The molecule has 1 atom stereocenters. The lowest BCUT2D eigenvalue weighted by Crippen LogP contribution is -2.45. The van der Waals surface area contributed by atoms with Gasteiger partial charge in [-0.15, -0.1) is 0 Å². The lowest BCUT2D eigenvalue weighted by molar-refractivity contribution is 0.260. The van der Waals surface area contributed by atoms with Gasteiger partial charge in [0.15, 0.2) is 0 Å². The van der Waals surface area contributed by atoms with E-state index in [1.807, 2.05) is 18.7 Å². The van der Waals surface area contributed by atoms with Crippen molar-refractivity contribution >= 4 is 0 Å². The smallest absolute Gasteiger partial charge is 0.118 e. The summed E-state index contributed by atoms with van der Waals surface area (Å²) in [6, 6.07) is 9.59. The van der Waals surface area contributed by atoms with E-state index >= 15 is 0 Å². The predicted molar refractivity (Wildman–Crippen MR) is 83.6 cm³/mol. The van der Waals surface area contributed by atoms with Gasteiger partial charge in [0.25, 0.3) is 0 Å². The standard InChI is InChI=1S/C17H23N3O/c1-13(11-20-8-7-18-12-20)19-16-9-15(10-16)14-3-5-17(21-2)6-4-14/h3-8,12-13,15-16,19H,9-11H2,1-2H3. The minimum atomic E-state index is 0.473. The van der Waals surface area contributed by atoms with Gasteiger partial charge in [-0.25, -0.2) is 4.98 Å². The zero-order chi connectivity index (χ0) is 14.7. The Labute approximate surface area is 126 Å². The van der Waals surface area contributed by atoms with E-state index in [1.54, 1.807) is 7.11 Å². The zero-order valence-electron chi connectivity index (χ0n) is 12.7. The maximum absolute atomic E-state index is 5.20. The van der Waals surface area contributed by atoms with Crippen LogP contribution in [-0.2, 0) is 6.54 Å². The van der Waals surface area contributed by atoms with E-state index in [2.05, 4.69) is 46.1 Å². The average molecular weight is 285 g/mol. The number of nitrogens with one attached hydrogen (secondary N) is 1. The summed E-state index contributed by atoms with van der Waals surface area (Å²) in [5.74, 6) is 1.62. The van der Waals surface area contributed by atoms with Gasteiger partial charge in [0.2, 0.25) is 0 Å². The Kier molecular flexibility index (Phi) is 4.25. The fourth-order valence-electron chi connectivity index (χ4n) is 3.07. The van der Waals surface area contributed by atoms with Gasteiger partial charge in [-0.3, -0.25) is 0 Å². The third kappa shape index (κ3) is 3.45. The quantitative estimate of drug-likeness (QED) is 0.887. The molecule has 3 rings (SSSR count). The van der Waals surface area contributed by atoms with Crippen molar-refractivity contribution in [2.24, 2.45) is 0 Å². The summed E-state index contributed by atoms with van der Waals surface area (Å²) in [6.45, 7) is 3.21. The Morgan fingerprint density at radius 3 is 2.71 bits per heavy atom. The van der Waals surface area contributed by atoms with Crippen molar-refractivity contribution in [2.75, 3.05) is 7.11 Å². The maximum atomic E-state index is 5.20. The van der Waals surface area contributed by atoms with E-state index in [-0.39, 0.29) is 0 Å². The zero-order valence-corrected chi connectivity index (χ0v) is 12.7. The van der Waals surface area contributed by atoms with Crippen LogP contribution < -0.4 is 10.1 Å². The molecule has 1 aromatic heterocycles. The van der Waals surface area contributed by atoms with Crippen LogP contribution in [0.3, 0.4) is 0 Å². The molecule has 0 amide bonds. The van der Waals surface area contributed by atoms with Gasteiger partial charge in [0, 0.05) is 31.0 Å². The first-order chi connectivity index (χ1) is 10.2. The molecule has 0 bridgehead atoms. The van der Waals surface area contributed by atoms with E-state index in [1.165, 1.54) is 18.4 Å². The normalized spacial score (nSPS) is 22.6. The number of nitrogens with zero attached hydrogens (tertiary/aromatic N) is 2. The number of ether oxygens (including phenoxy) is 1. The molecule has 0 saturated heterocycles. The molecular formula is C17H23N3O. The highest BCUT2D eigenvalue weighted by molar-refractivity contribution is 5.30. The summed E-state index contributed by atoms with van der Waals surface area (Å²) in [5.41, 5.74) is 1.43. The van der Waals surface area contributed by atoms with Crippen LogP contribution in [0.5, 0.6) is 5.75 Å². The molecule has 1 N–H and O–H groups in total. The van der Waals surface area contributed by atoms with Crippen LogP contribution in [0.1, 0.15) is 31.2 Å². The third-order valence-electron chi connectivity index (χ3n) is 4.29. The van der Waals surface area contributed by atoms with Crippen LogP contribution in [-0.4, -0.2) is 28.7 Å². The molecule has 1 fully saturated rings. The van der Waals surface area contributed by atoms with Crippen molar-refractivity contribution in [3.63, 3.8) is 0 Å². The monoisotopic (exact) mass is 285 g/mol. The lowest BCUT2D eigenvalue weighted by Gasteiger charge is -2.38. The predicted octanol–water partition coefficient (Wildman–Crippen LogP) is 2.82. The van der Waals surface area contributed by atoms with Crippen molar-refractivity contribution in [3.8, 4) is 5.75 Å². The summed E-state index contributed by atoms with van der Waals surface area (Å²) in [4.78, 5) is 4.08. The van der Waals surface area contributed by atoms with E-state index in [0.29, 0.717) is 18.0 Å². The largest absolute Gasteiger partial charge is 0.497 e. The number of benzene rings is 1. The van der Waals surface area contributed by atoms with Crippen molar-refractivity contribution < 1.29 is 4.74 Å². The van der Waals surface area contributed by atoms with Crippen LogP contribution in [0, 0.1) is 0 Å². The van der Waals surface area contributed by atoms with Crippen LogP contribution in [0.25, 0.3) is 0 Å². The minimum Gasteiger partial charge on any atom is -0.497 e. The van der Waals surface area contributed by atoms with Crippen molar-refractivity contribution in [2.45, 2.75) is 44.3 Å². The van der Waals surface area contributed by atoms with Gasteiger partial charge < -0.3 is 14.6 Å². The SMILES string of the molecule is COc1ccc(C2CC(NC(C)Cn3ccnc3)C2)cc1. The highest BCUT2D eigenvalue weighted by Crippen LogP contribution is 2.37. The molecule has 1 unspecified atom stereocenters. The Morgan fingerprint density at radius 2 is 2.10 bits per heavy atom. The Morgan fingerprint density at radius 1 is 1.33 bits per heavy atom. The molecule has 4 nitrogen and oxygen atoms in total. The lowest BCUT2D eigenvalue weighted by atomic mass is 9.75. The number of aromatic nitrogens is 2. The molecule has 1 aliphatic rings. The molecular weight excluding hydrogens is 262 g/mol. The van der Waals surface area contributed by atoms with Crippen LogP contribution >= 0.6 is 0 Å². The maximum Gasteiger partial charge on any atom is 0.118 e. The van der Waals surface area contributed by atoms with Crippen LogP contribution in [0.2, 0.25) is 0 Å². The van der Waals surface area contributed by atoms with Gasteiger partial charge in [0.05, 0.1) is 13.4 Å². The van der Waals surface area contributed by atoms with E-state index < -0.39 is 0 Å². The molecule has 0 spiro atoms. The molecule has 21 heavy (non-hydrogen) atoms. The average Bonchev–Trinajstić information content (AvgIpc) is 2.95. The van der Waals surface area contributed by atoms with Crippen molar-refractivity contribution in [1.29, 1.82) is 0 Å². The van der Waals surface area contributed by atoms with E-state index in [0.717, 1.165) is 12.3 Å². The summed E-state index contributed by atoms with van der Waals surface area (Å²) < 4.78 is 7.33. The second-order valence-corrected chi connectivity index (χ2v) is 5.97. The molecule has 4 heteroatoms. The molecule has 112 valence electrons. The molecule has 2 aromatic rings. The minimum absolute atomic E-state index is 0.473. The Balaban J connectivity index is 1.44.